The van der Waals surface area contributed by atoms with Crippen molar-refractivity contribution in [1.29, 1.82) is 0 Å². The Hall–Kier alpha value is -1.27. The third kappa shape index (κ3) is 4.40. The van der Waals surface area contributed by atoms with Gasteiger partial charge in [0.25, 0.3) is 0 Å². The first-order valence-corrected chi connectivity index (χ1v) is 8.20. The van der Waals surface area contributed by atoms with Gasteiger partial charge in [-0.15, -0.1) is 0 Å². The molecule has 1 aromatic carbocycles. The molecule has 5 nitrogen and oxygen atoms in total. The summed E-state index contributed by atoms with van der Waals surface area (Å²) in [6, 6.07) is 3.88. The molecule has 0 aliphatic rings. The molecule has 19 heavy (non-hydrogen) atoms. The minimum absolute atomic E-state index is 0.398. The van der Waals surface area contributed by atoms with Crippen LogP contribution >= 0.6 is 0 Å². The minimum Gasteiger partial charge on any atom is -0.399 e. The van der Waals surface area contributed by atoms with E-state index in [2.05, 4.69) is 9.62 Å². The fourth-order valence-electron chi connectivity index (χ4n) is 1.98. The highest BCUT2D eigenvalue weighted by molar-refractivity contribution is 7.88. The Kier molecular flexibility index (Phi) is 5.20. The summed E-state index contributed by atoms with van der Waals surface area (Å²) in [5.74, 6) is 0. The molecule has 6 heteroatoms. The molecule has 0 aromatic heterocycles. The van der Waals surface area contributed by atoms with Gasteiger partial charge in [0, 0.05) is 31.0 Å². The van der Waals surface area contributed by atoms with Gasteiger partial charge in [0.05, 0.1) is 6.26 Å². The molecule has 1 aromatic rings. The number of nitrogen functional groups attached to an aromatic ring is 1. The van der Waals surface area contributed by atoms with Gasteiger partial charge in [0.2, 0.25) is 10.0 Å². The van der Waals surface area contributed by atoms with Gasteiger partial charge in [-0.25, -0.2) is 13.1 Å². The van der Waals surface area contributed by atoms with Crippen LogP contribution in [0.1, 0.15) is 18.1 Å². The Morgan fingerprint density at radius 2 is 1.89 bits per heavy atom. The first-order valence-electron chi connectivity index (χ1n) is 6.31. The topological polar surface area (TPSA) is 75.4 Å². The van der Waals surface area contributed by atoms with E-state index in [0.717, 1.165) is 29.0 Å². The molecule has 0 unspecified atom stereocenters. The summed E-state index contributed by atoms with van der Waals surface area (Å²) in [5.41, 5.74) is 9.98. The smallest absolute Gasteiger partial charge is 0.208 e. The van der Waals surface area contributed by atoms with Crippen LogP contribution in [0.3, 0.4) is 0 Å². The van der Waals surface area contributed by atoms with Crippen molar-refractivity contribution in [3.63, 3.8) is 0 Å². The number of sulfonamides is 1. The Labute approximate surface area is 115 Å². The van der Waals surface area contributed by atoms with Crippen LogP contribution in [0.5, 0.6) is 0 Å². The van der Waals surface area contributed by atoms with Gasteiger partial charge in [-0.05, 0) is 44.0 Å². The zero-order valence-corrected chi connectivity index (χ0v) is 12.8. The third-order valence-corrected chi connectivity index (χ3v) is 4.00. The minimum atomic E-state index is -3.13. The SMILES string of the molecule is CCN(CCNS(C)(=O)=O)c1ccc(N)c(C)c1C. The number of nitrogens with one attached hydrogen (secondary N) is 1. The standard InChI is InChI=1S/C13H23N3O2S/c1-5-16(9-8-15-19(4,17)18)13-7-6-12(14)10(2)11(13)3/h6-7,15H,5,8-9,14H2,1-4H3. The molecule has 0 spiro atoms. The van der Waals surface area contributed by atoms with E-state index < -0.39 is 10.0 Å². The predicted molar refractivity (Wildman–Crippen MR) is 81.1 cm³/mol. The van der Waals surface area contributed by atoms with E-state index in [1.807, 2.05) is 32.9 Å². The summed E-state index contributed by atoms with van der Waals surface area (Å²) in [6.45, 7) is 7.93. The largest absolute Gasteiger partial charge is 0.399 e. The van der Waals surface area contributed by atoms with E-state index in [1.54, 1.807) is 0 Å². The van der Waals surface area contributed by atoms with Crippen molar-refractivity contribution in [1.82, 2.24) is 4.72 Å². The Morgan fingerprint density at radius 1 is 1.26 bits per heavy atom. The highest BCUT2D eigenvalue weighted by Crippen LogP contribution is 2.26. The number of nitrogens with zero attached hydrogens (tertiary/aromatic N) is 1. The first kappa shape index (κ1) is 15.8. The van der Waals surface area contributed by atoms with Crippen molar-refractivity contribution in [2.75, 3.05) is 36.5 Å². The molecule has 0 heterocycles. The molecule has 108 valence electrons. The normalized spacial score (nSPS) is 11.6. The lowest BCUT2D eigenvalue weighted by Crippen LogP contribution is -2.34. The van der Waals surface area contributed by atoms with Gasteiger partial charge < -0.3 is 10.6 Å². The molecule has 0 bridgehead atoms. The quantitative estimate of drug-likeness (QED) is 0.772. The van der Waals surface area contributed by atoms with Crippen LogP contribution in [-0.2, 0) is 10.0 Å². The number of hydrogen-bond acceptors (Lipinski definition) is 4. The highest BCUT2D eigenvalue weighted by Gasteiger charge is 2.11. The molecule has 0 aliphatic heterocycles. The van der Waals surface area contributed by atoms with E-state index in [0.29, 0.717) is 13.1 Å². The molecule has 0 saturated carbocycles. The summed E-state index contributed by atoms with van der Waals surface area (Å²) < 4.78 is 24.6. The molecule has 0 fully saturated rings. The first-order chi connectivity index (χ1) is 8.76. The van der Waals surface area contributed by atoms with E-state index in [-0.39, 0.29) is 0 Å². The average molecular weight is 285 g/mol. The van der Waals surface area contributed by atoms with Crippen molar-refractivity contribution in [2.24, 2.45) is 0 Å². The summed E-state index contributed by atoms with van der Waals surface area (Å²) >= 11 is 0. The maximum Gasteiger partial charge on any atom is 0.208 e. The zero-order valence-electron chi connectivity index (χ0n) is 12.0. The van der Waals surface area contributed by atoms with Crippen LogP contribution in [0.4, 0.5) is 11.4 Å². The van der Waals surface area contributed by atoms with Crippen LogP contribution in [-0.4, -0.2) is 34.3 Å². The van der Waals surface area contributed by atoms with Crippen molar-refractivity contribution < 1.29 is 8.42 Å². The van der Waals surface area contributed by atoms with Crippen LogP contribution in [0.25, 0.3) is 0 Å². The summed E-state index contributed by atoms with van der Waals surface area (Å²) in [7, 11) is -3.13. The lowest BCUT2D eigenvalue weighted by atomic mass is 10.1. The monoisotopic (exact) mass is 285 g/mol. The van der Waals surface area contributed by atoms with Gasteiger partial charge in [0.15, 0.2) is 0 Å². The van der Waals surface area contributed by atoms with Crippen molar-refractivity contribution >= 4 is 21.4 Å². The molecular weight excluding hydrogens is 262 g/mol. The second-order valence-electron chi connectivity index (χ2n) is 4.67. The fourth-order valence-corrected chi connectivity index (χ4v) is 2.45. The van der Waals surface area contributed by atoms with Crippen molar-refractivity contribution in [2.45, 2.75) is 20.8 Å². The number of nitrogens with two attached hydrogens (primary N) is 1. The molecule has 3 N–H and O–H groups in total. The van der Waals surface area contributed by atoms with E-state index in [1.165, 1.54) is 6.26 Å². The zero-order chi connectivity index (χ0) is 14.6. The van der Waals surface area contributed by atoms with Crippen LogP contribution in [0, 0.1) is 13.8 Å². The number of benzene rings is 1. The number of anilines is 2. The molecular formula is C13H23N3O2S. The highest BCUT2D eigenvalue weighted by atomic mass is 32.2. The van der Waals surface area contributed by atoms with Gasteiger partial charge >= 0.3 is 0 Å². The van der Waals surface area contributed by atoms with Crippen LogP contribution in [0.2, 0.25) is 0 Å². The molecule has 0 amide bonds. The summed E-state index contributed by atoms with van der Waals surface area (Å²) in [4.78, 5) is 2.14. The summed E-state index contributed by atoms with van der Waals surface area (Å²) in [5, 5.41) is 0. The third-order valence-electron chi connectivity index (χ3n) is 3.27. The Bertz CT molecular complexity index is 541. The van der Waals surface area contributed by atoms with Gasteiger partial charge in [-0.3, -0.25) is 0 Å². The fraction of sp³-hybridized carbons (Fsp3) is 0.538. The number of hydrogen-bond donors (Lipinski definition) is 2. The lowest BCUT2D eigenvalue weighted by Gasteiger charge is -2.26. The second-order valence-corrected chi connectivity index (χ2v) is 6.50. The van der Waals surface area contributed by atoms with E-state index in [9.17, 15) is 8.42 Å². The van der Waals surface area contributed by atoms with E-state index in [4.69, 9.17) is 5.73 Å². The summed E-state index contributed by atoms with van der Waals surface area (Å²) in [6.07, 6.45) is 1.17. The average Bonchev–Trinajstić information content (AvgIpc) is 2.32. The molecule has 0 saturated heterocycles. The van der Waals surface area contributed by atoms with E-state index >= 15 is 0 Å². The molecule has 0 radical (unpaired) electrons. The van der Waals surface area contributed by atoms with Gasteiger partial charge in [-0.2, -0.15) is 0 Å². The van der Waals surface area contributed by atoms with Gasteiger partial charge in [-0.1, -0.05) is 0 Å². The van der Waals surface area contributed by atoms with Crippen LogP contribution in [0.15, 0.2) is 12.1 Å². The lowest BCUT2D eigenvalue weighted by molar-refractivity contribution is 0.587. The Morgan fingerprint density at radius 3 is 2.42 bits per heavy atom. The van der Waals surface area contributed by atoms with Crippen molar-refractivity contribution in [3.8, 4) is 0 Å². The molecule has 0 atom stereocenters. The number of likely N-dealkylation sites (N-methyl/N-ethyl adjacent to an activating group) is 1. The molecule has 1 rings (SSSR count). The maximum atomic E-state index is 11.1. The van der Waals surface area contributed by atoms with Crippen molar-refractivity contribution in [3.05, 3.63) is 23.3 Å². The maximum absolute atomic E-state index is 11.1. The Balaban J connectivity index is 2.83. The number of rotatable bonds is 6. The predicted octanol–water partition coefficient (Wildman–Crippen LogP) is 1.26. The molecule has 0 aliphatic carbocycles. The second kappa shape index (κ2) is 6.25. The van der Waals surface area contributed by atoms with Gasteiger partial charge in [0.1, 0.15) is 0 Å². The van der Waals surface area contributed by atoms with Crippen LogP contribution < -0.4 is 15.4 Å².